The number of hydrogen-bond acceptors (Lipinski definition) is 6. The maximum absolute atomic E-state index is 5.38. The fourth-order valence-corrected chi connectivity index (χ4v) is 2.67. The molecule has 20 heavy (non-hydrogen) atoms. The van der Waals surface area contributed by atoms with Crippen molar-refractivity contribution < 1.29 is 4.52 Å². The summed E-state index contributed by atoms with van der Waals surface area (Å²) in [7, 11) is 1.85. The molecule has 2 heterocycles. The predicted molar refractivity (Wildman–Crippen MR) is 79.9 cm³/mol. The highest BCUT2D eigenvalue weighted by Gasteiger charge is 2.18. The Labute approximate surface area is 120 Å². The van der Waals surface area contributed by atoms with Gasteiger partial charge in [-0.15, -0.1) is 0 Å². The van der Waals surface area contributed by atoms with Gasteiger partial charge in [0.05, 0.1) is 11.3 Å². The number of benzene rings is 1. The second-order valence-electron chi connectivity index (χ2n) is 4.51. The molecule has 0 amide bonds. The summed E-state index contributed by atoms with van der Waals surface area (Å²) in [5.74, 6) is 1.09. The van der Waals surface area contributed by atoms with Gasteiger partial charge in [-0.3, -0.25) is 0 Å². The van der Waals surface area contributed by atoms with E-state index < -0.39 is 0 Å². The molecule has 3 aromatic rings. The second-order valence-corrected chi connectivity index (χ2v) is 5.28. The summed E-state index contributed by atoms with van der Waals surface area (Å²) in [5.41, 5.74) is 3.91. The van der Waals surface area contributed by atoms with E-state index in [1.54, 1.807) is 0 Å². The van der Waals surface area contributed by atoms with Crippen LogP contribution in [0.1, 0.15) is 11.3 Å². The molecular formula is C14H14N4OS. The van der Waals surface area contributed by atoms with E-state index in [4.69, 9.17) is 4.52 Å². The third-order valence-corrected chi connectivity index (χ3v) is 4.00. The number of aromatic nitrogens is 3. The maximum Gasteiger partial charge on any atom is 0.263 e. The van der Waals surface area contributed by atoms with Crippen molar-refractivity contribution in [3.8, 4) is 22.8 Å². The average molecular weight is 286 g/mol. The van der Waals surface area contributed by atoms with E-state index in [0.29, 0.717) is 11.7 Å². The lowest BCUT2D eigenvalue weighted by atomic mass is 10.1. The van der Waals surface area contributed by atoms with Crippen LogP contribution in [0.3, 0.4) is 0 Å². The lowest BCUT2D eigenvalue weighted by Gasteiger charge is -1.97. The van der Waals surface area contributed by atoms with Gasteiger partial charge in [-0.1, -0.05) is 35.0 Å². The Hall–Kier alpha value is -2.21. The van der Waals surface area contributed by atoms with Crippen LogP contribution in [-0.4, -0.2) is 21.6 Å². The third kappa shape index (κ3) is 2.18. The minimum Gasteiger partial charge on any atom is -0.378 e. The summed E-state index contributed by atoms with van der Waals surface area (Å²) in [6.45, 7) is 3.98. The summed E-state index contributed by atoms with van der Waals surface area (Å²) in [6.07, 6.45) is 0. The Morgan fingerprint density at radius 3 is 2.60 bits per heavy atom. The molecule has 0 fully saturated rings. The SMILES string of the molecule is CNc1snc(C)c1-c1nc(-c2ccc(C)cc2)no1. The van der Waals surface area contributed by atoms with Crippen LogP contribution >= 0.6 is 11.5 Å². The summed E-state index contributed by atoms with van der Waals surface area (Å²) in [4.78, 5) is 4.47. The lowest BCUT2D eigenvalue weighted by molar-refractivity contribution is 0.432. The lowest BCUT2D eigenvalue weighted by Crippen LogP contribution is -1.88. The van der Waals surface area contributed by atoms with Crippen molar-refractivity contribution in [3.63, 3.8) is 0 Å². The van der Waals surface area contributed by atoms with Crippen molar-refractivity contribution >= 4 is 16.5 Å². The van der Waals surface area contributed by atoms with Crippen LogP contribution in [0.4, 0.5) is 5.00 Å². The standard InChI is InChI=1S/C14H14N4OS/c1-8-4-6-10(7-5-8)12-16-13(19-17-12)11-9(2)18-20-14(11)15-3/h4-7,15H,1-3H3. The zero-order valence-corrected chi connectivity index (χ0v) is 12.3. The van der Waals surface area contributed by atoms with Crippen molar-refractivity contribution in [1.29, 1.82) is 0 Å². The molecule has 0 aliphatic carbocycles. The predicted octanol–water partition coefficient (Wildman–Crippen LogP) is 3.52. The summed E-state index contributed by atoms with van der Waals surface area (Å²) < 4.78 is 9.69. The molecule has 0 aliphatic rings. The molecule has 3 rings (SSSR count). The monoisotopic (exact) mass is 286 g/mol. The highest BCUT2D eigenvalue weighted by Crippen LogP contribution is 2.34. The summed E-state index contributed by atoms with van der Waals surface area (Å²) >= 11 is 1.39. The molecule has 0 spiro atoms. The van der Waals surface area contributed by atoms with Crippen molar-refractivity contribution in [2.75, 3.05) is 12.4 Å². The van der Waals surface area contributed by atoms with E-state index in [9.17, 15) is 0 Å². The molecule has 1 aromatic carbocycles. The Kier molecular flexibility index (Phi) is 3.23. The first kappa shape index (κ1) is 12.8. The van der Waals surface area contributed by atoms with E-state index in [-0.39, 0.29) is 0 Å². The first-order valence-electron chi connectivity index (χ1n) is 6.24. The number of aryl methyl sites for hydroxylation is 2. The van der Waals surface area contributed by atoms with Gasteiger partial charge >= 0.3 is 0 Å². The highest BCUT2D eigenvalue weighted by molar-refractivity contribution is 7.10. The van der Waals surface area contributed by atoms with Crippen LogP contribution < -0.4 is 5.32 Å². The Bertz CT molecular complexity index is 730. The fourth-order valence-electron chi connectivity index (χ4n) is 1.94. The van der Waals surface area contributed by atoms with Crippen LogP contribution in [0, 0.1) is 13.8 Å². The Morgan fingerprint density at radius 2 is 1.90 bits per heavy atom. The van der Waals surface area contributed by atoms with E-state index in [1.165, 1.54) is 17.1 Å². The van der Waals surface area contributed by atoms with Gasteiger partial charge in [0.25, 0.3) is 5.89 Å². The van der Waals surface area contributed by atoms with E-state index in [2.05, 4.69) is 19.8 Å². The Morgan fingerprint density at radius 1 is 1.15 bits per heavy atom. The molecular weight excluding hydrogens is 272 g/mol. The first-order valence-corrected chi connectivity index (χ1v) is 7.01. The Balaban J connectivity index is 2.02. The normalized spacial score (nSPS) is 10.8. The molecule has 102 valence electrons. The fraction of sp³-hybridized carbons (Fsp3) is 0.214. The number of nitrogens with one attached hydrogen (secondary N) is 1. The van der Waals surface area contributed by atoms with Crippen LogP contribution in [0.25, 0.3) is 22.8 Å². The average Bonchev–Trinajstić information content (AvgIpc) is 3.05. The number of anilines is 1. The van der Waals surface area contributed by atoms with E-state index >= 15 is 0 Å². The molecule has 0 atom stereocenters. The molecule has 2 aromatic heterocycles. The van der Waals surface area contributed by atoms with Crippen LogP contribution in [-0.2, 0) is 0 Å². The molecule has 1 N–H and O–H groups in total. The van der Waals surface area contributed by atoms with Gasteiger partial charge < -0.3 is 9.84 Å². The highest BCUT2D eigenvalue weighted by atomic mass is 32.1. The quantitative estimate of drug-likeness (QED) is 0.798. The van der Waals surface area contributed by atoms with Crippen LogP contribution in [0.15, 0.2) is 28.8 Å². The largest absolute Gasteiger partial charge is 0.378 e. The molecule has 0 bridgehead atoms. The second kappa shape index (κ2) is 5.05. The van der Waals surface area contributed by atoms with Gasteiger partial charge in [-0.25, -0.2) is 0 Å². The summed E-state index contributed by atoms with van der Waals surface area (Å²) in [5, 5.41) is 8.08. The van der Waals surface area contributed by atoms with Gasteiger partial charge in [-0.05, 0) is 25.4 Å². The van der Waals surface area contributed by atoms with Gasteiger partial charge in [0, 0.05) is 12.6 Å². The van der Waals surface area contributed by atoms with Gasteiger partial charge in [-0.2, -0.15) is 9.36 Å². The zero-order valence-electron chi connectivity index (χ0n) is 11.5. The number of nitrogens with zero attached hydrogens (tertiary/aromatic N) is 3. The molecule has 0 radical (unpaired) electrons. The van der Waals surface area contributed by atoms with Crippen molar-refractivity contribution in [2.24, 2.45) is 0 Å². The number of rotatable bonds is 3. The summed E-state index contributed by atoms with van der Waals surface area (Å²) in [6, 6.07) is 8.03. The van der Waals surface area contributed by atoms with E-state index in [0.717, 1.165) is 21.8 Å². The molecule has 0 saturated heterocycles. The first-order chi connectivity index (χ1) is 9.69. The number of hydrogen-bond donors (Lipinski definition) is 1. The minimum atomic E-state index is 0.496. The van der Waals surface area contributed by atoms with Gasteiger partial charge in [0.2, 0.25) is 5.82 Å². The van der Waals surface area contributed by atoms with Crippen molar-refractivity contribution in [1.82, 2.24) is 14.5 Å². The third-order valence-electron chi connectivity index (χ3n) is 3.04. The van der Waals surface area contributed by atoms with Crippen LogP contribution in [0.5, 0.6) is 0 Å². The molecule has 0 unspecified atom stereocenters. The molecule has 6 heteroatoms. The van der Waals surface area contributed by atoms with Gasteiger partial charge in [0.15, 0.2) is 0 Å². The topological polar surface area (TPSA) is 63.8 Å². The maximum atomic E-state index is 5.38. The smallest absolute Gasteiger partial charge is 0.263 e. The molecule has 0 saturated carbocycles. The van der Waals surface area contributed by atoms with Crippen molar-refractivity contribution in [2.45, 2.75) is 13.8 Å². The minimum absolute atomic E-state index is 0.496. The molecule has 5 nitrogen and oxygen atoms in total. The van der Waals surface area contributed by atoms with E-state index in [1.807, 2.05) is 45.2 Å². The van der Waals surface area contributed by atoms with Crippen molar-refractivity contribution in [3.05, 3.63) is 35.5 Å². The zero-order chi connectivity index (χ0) is 14.1. The molecule has 0 aliphatic heterocycles. The van der Waals surface area contributed by atoms with Crippen LogP contribution in [0.2, 0.25) is 0 Å². The van der Waals surface area contributed by atoms with Gasteiger partial charge in [0.1, 0.15) is 5.00 Å².